The molecule has 5 rings (SSSR count). The third-order valence-corrected chi connectivity index (χ3v) is 8.26. The molecule has 0 spiro atoms. The van der Waals surface area contributed by atoms with Gasteiger partial charge in [-0.05, 0) is 55.2 Å². The fourth-order valence-electron chi connectivity index (χ4n) is 4.83. The first-order valence-electron chi connectivity index (χ1n) is 10.7. The van der Waals surface area contributed by atoms with Crippen LogP contribution in [0.25, 0.3) is 0 Å². The van der Waals surface area contributed by atoms with E-state index in [9.17, 15) is 13.5 Å². The van der Waals surface area contributed by atoms with Crippen molar-refractivity contribution in [3.63, 3.8) is 0 Å². The van der Waals surface area contributed by atoms with Gasteiger partial charge in [-0.25, -0.2) is 0 Å². The topological polar surface area (TPSA) is 67.3 Å². The number of piperazine rings is 1. The standard InChI is InChI=1S/C22H28N4O3S/c27-20-9-7-19(8-10-20)24-16-14-23(15-17-24)11-3-13-25-21-6-1-4-18-5-2-12-26(22(18)21)30(25,28)29/h1,4,6-10,27H,2-3,5,11-17H2. The first kappa shape index (κ1) is 19.5. The summed E-state index contributed by atoms with van der Waals surface area (Å²) in [6.07, 6.45) is 2.65. The molecule has 0 atom stereocenters. The van der Waals surface area contributed by atoms with Crippen LogP contribution in [0.15, 0.2) is 42.5 Å². The number of rotatable bonds is 5. The van der Waals surface area contributed by atoms with E-state index in [1.54, 1.807) is 20.7 Å². The molecule has 0 bridgehead atoms. The van der Waals surface area contributed by atoms with Crippen molar-refractivity contribution in [2.45, 2.75) is 19.3 Å². The lowest BCUT2D eigenvalue weighted by Crippen LogP contribution is -2.47. The number of aryl methyl sites for hydroxylation is 1. The molecule has 0 saturated carbocycles. The van der Waals surface area contributed by atoms with Crippen molar-refractivity contribution in [1.29, 1.82) is 0 Å². The van der Waals surface area contributed by atoms with Gasteiger partial charge in [-0.15, -0.1) is 0 Å². The molecule has 7 nitrogen and oxygen atoms in total. The lowest BCUT2D eigenvalue weighted by molar-refractivity contribution is 0.256. The Hall–Kier alpha value is -2.45. The van der Waals surface area contributed by atoms with Crippen LogP contribution < -0.4 is 13.5 Å². The summed E-state index contributed by atoms with van der Waals surface area (Å²) in [6, 6.07) is 13.3. The molecule has 0 aromatic heterocycles. The van der Waals surface area contributed by atoms with Gasteiger partial charge in [-0.3, -0.25) is 13.5 Å². The molecule has 160 valence electrons. The monoisotopic (exact) mass is 428 g/mol. The van der Waals surface area contributed by atoms with Crippen LogP contribution in [0.4, 0.5) is 17.1 Å². The van der Waals surface area contributed by atoms with Crippen LogP contribution in [-0.4, -0.2) is 64.2 Å². The van der Waals surface area contributed by atoms with E-state index in [4.69, 9.17) is 0 Å². The zero-order chi connectivity index (χ0) is 20.7. The van der Waals surface area contributed by atoms with Gasteiger partial charge in [0.05, 0.1) is 11.4 Å². The molecule has 1 fully saturated rings. The molecule has 0 amide bonds. The van der Waals surface area contributed by atoms with Crippen LogP contribution in [0.2, 0.25) is 0 Å². The fraction of sp³-hybridized carbons (Fsp3) is 0.455. The molecule has 3 aliphatic heterocycles. The Morgan fingerprint density at radius 1 is 0.900 bits per heavy atom. The second-order valence-corrected chi connectivity index (χ2v) is 10.0. The molecule has 0 aliphatic carbocycles. The Labute approximate surface area is 178 Å². The van der Waals surface area contributed by atoms with Crippen molar-refractivity contribution in [2.75, 3.05) is 59.3 Å². The predicted octanol–water partition coefficient (Wildman–Crippen LogP) is 2.42. The number of hydrogen-bond donors (Lipinski definition) is 1. The Kier molecular flexibility index (Phi) is 4.99. The summed E-state index contributed by atoms with van der Waals surface area (Å²) in [5.74, 6) is 0.289. The van der Waals surface area contributed by atoms with E-state index < -0.39 is 10.2 Å². The SMILES string of the molecule is O=S1(=O)N(CCCN2CCN(c3ccc(O)cc3)CC2)c2cccc3c2N1CCC3. The average Bonchev–Trinajstić information content (AvgIpc) is 2.98. The van der Waals surface area contributed by atoms with E-state index in [1.165, 1.54) is 0 Å². The summed E-state index contributed by atoms with van der Waals surface area (Å²) in [5, 5.41) is 9.46. The summed E-state index contributed by atoms with van der Waals surface area (Å²) in [7, 11) is -3.44. The van der Waals surface area contributed by atoms with Crippen molar-refractivity contribution < 1.29 is 13.5 Å². The number of anilines is 3. The van der Waals surface area contributed by atoms with E-state index in [2.05, 4.69) is 15.9 Å². The molecule has 8 heteroatoms. The number of aromatic hydroxyl groups is 1. The van der Waals surface area contributed by atoms with Crippen molar-refractivity contribution in [3.8, 4) is 5.75 Å². The first-order valence-corrected chi connectivity index (χ1v) is 12.1. The van der Waals surface area contributed by atoms with Crippen LogP contribution in [0.3, 0.4) is 0 Å². The van der Waals surface area contributed by atoms with Crippen LogP contribution in [-0.2, 0) is 16.6 Å². The molecule has 0 unspecified atom stereocenters. The fourth-order valence-corrected chi connectivity index (χ4v) is 6.63. The molecule has 1 N–H and O–H groups in total. The minimum atomic E-state index is -3.44. The van der Waals surface area contributed by atoms with Gasteiger partial charge in [0, 0.05) is 51.5 Å². The predicted molar refractivity (Wildman–Crippen MR) is 120 cm³/mol. The highest BCUT2D eigenvalue weighted by Crippen LogP contribution is 2.45. The van der Waals surface area contributed by atoms with Crippen LogP contribution >= 0.6 is 0 Å². The Morgan fingerprint density at radius 3 is 2.43 bits per heavy atom. The van der Waals surface area contributed by atoms with Crippen molar-refractivity contribution in [3.05, 3.63) is 48.0 Å². The summed E-state index contributed by atoms with van der Waals surface area (Å²) >= 11 is 0. The molecular weight excluding hydrogens is 400 g/mol. The number of phenols is 1. The molecule has 0 radical (unpaired) electrons. The van der Waals surface area contributed by atoms with E-state index in [0.29, 0.717) is 13.1 Å². The zero-order valence-corrected chi connectivity index (χ0v) is 17.9. The van der Waals surface area contributed by atoms with Gasteiger partial charge < -0.3 is 10.0 Å². The minimum Gasteiger partial charge on any atom is -0.508 e. The minimum absolute atomic E-state index is 0.289. The van der Waals surface area contributed by atoms with E-state index >= 15 is 0 Å². The number of benzene rings is 2. The maximum Gasteiger partial charge on any atom is 0.326 e. The van der Waals surface area contributed by atoms with Crippen molar-refractivity contribution >= 4 is 27.3 Å². The molecule has 2 aromatic rings. The average molecular weight is 429 g/mol. The Bertz CT molecular complexity index is 1020. The number of hydrogen-bond acceptors (Lipinski definition) is 5. The summed E-state index contributed by atoms with van der Waals surface area (Å²) in [4.78, 5) is 4.73. The van der Waals surface area contributed by atoms with Crippen LogP contribution in [0.1, 0.15) is 18.4 Å². The van der Waals surface area contributed by atoms with E-state index in [-0.39, 0.29) is 5.75 Å². The molecule has 3 aliphatic rings. The molecule has 3 heterocycles. The van der Waals surface area contributed by atoms with Gasteiger partial charge in [0.2, 0.25) is 0 Å². The summed E-state index contributed by atoms with van der Waals surface area (Å²) < 4.78 is 29.4. The van der Waals surface area contributed by atoms with Gasteiger partial charge >= 0.3 is 10.2 Å². The van der Waals surface area contributed by atoms with Crippen molar-refractivity contribution in [2.24, 2.45) is 0 Å². The van der Waals surface area contributed by atoms with E-state index in [0.717, 1.165) is 74.6 Å². The highest BCUT2D eigenvalue weighted by Gasteiger charge is 2.42. The van der Waals surface area contributed by atoms with Gasteiger partial charge in [-0.1, -0.05) is 12.1 Å². The molecular formula is C22H28N4O3S. The zero-order valence-electron chi connectivity index (χ0n) is 17.1. The molecule has 1 saturated heterocycles. The van der Waals surface area contributed by atoms with E-state index in [1.807, 2.05) is 24.3 Å². The molecule has 2 aromatic carbocycles. The lowest BCUT2D eigenvalue weighted by atomic mass is 10.0. The quantitative estimate of drug-likeness (QED) is 0.792. The second kappa shape index (κ2) is 7.67. The van der Waals surface area contributed by atoms with Gasteiger partial charge in [0.1, 0.15) is 5.75 Å². The highest BCUT2D eigenvalue weighted by molar-refractivity contribution is 7.94. The number of nitrogens with zero attached hydrogens (tertiary/aromatic N) is 4. The molecule has 30 heavy (non-hydrogen) atoms. The van der Waals surface area contributed by atoms with Gasteiger partial charge in [-0.2, -0.15) is 8.42 Å². The maximum atomic E-state index is 13.1. The maximum absolute atomic E-state index is 13.1. The first-order chi connectivity index (χ1) is 14.5. The lowest BCUT2D eigenvalue weighted by Gasteiger charge is -2.36. The van der Waals surface area contributed by atoms with Crippen LogP contribution in [0.5, 0.6) is 5.75 Å². The third-order valence-electron chi connectivity index (χ3n) is 6.40. The number of phenolic OH excluding ortho intramolecular Hbond substituents is 1. The number of para-hydroxylation sites is 1. The Balaban J connectivity index is 1.18. The normalized spacial score (nSPS) is 20.5. The van der Waals surface area contributed by atoms with Crippen LogP contribution in [0, 0.1) is 0 Å². The van der Waals surface area contributed by atoms with Gasteiger partial charge in [0.25, 0.3) is 0 Å². The largest absolute Gasteiger partial charge is 0.508 e. The highest BCUT2D eigenvalue weighted by atomic mass is 32.2. The van der Waals surface area contributed by atoms with Crippen molar-refractivity contribution in [1.82, 2.24) is 4.90 Å². The second-order valence-electron chi connectivity index (χ2n) is 8.24. The summed E-state index contributed by atoms with van der Waals surface area (Å²) in [5.41, 5.74) is 4.04. The Morgan fingerprint density at radius 2 is 1.67 bits per heavy atom. The third kappa shape index (κ3) is 3.37. The van der Waals surface area contributed by atoms with Gasteiger partial charge in [0.15, 0.2) is 0 Å². The summed E-state index contributed by atoms with van der Waals surface area (Å²) in [6.45, 7) is 5.79. The smallest absolute Gasteiger partial charge is 0.326 e.